The van der Waals surface area contributed by atoms with Crippen molar-refractivity contribution in [3.63, 3.8) is 0 Å². The van der Waals surface area contributed by atoms with Gasteiger partial charge in [0.25, 0.3) is 0 Å². The van der Waals surface area contributed by atoms with Gasteiger partial charge in [0.1, 0.15) is 30.7 Å². The zero-order valence-corrected chi connectivity index (χ0v) is 19.8. The minimum Gasteiger partial charge on any atom is -0.485 e. The van der Waals surface area contributed by atoms with Crippen LogP contribution in [0.15, 0.2) is 47.0 Å². The number of fused-ring (bicyclic) bond motifs is 1. The molecule has 2 heterocycles. The van der Waals surface area contributed by atoms with E-state index in [1.807, 2.05) is 4.90 Å². The van der Waals surface area contributed by atoms with Crippen molar-refractivity contribution in [2.45, 2.75) is 44.7 Å². The van der Waals surface area contributed by atoms with Crippen LogP contribution in [0.3, 0.4) is 0 Å². The number of ether oxygens (including phenoxy) is 2. The van der Waals surface area contributed by atoms with Gasteiger partial charge in [0, 0.05) is 16.3 Å². The lowest BCUT2D eigenvalue weighted by atomic mass is 9.84. The summed E-state index contributed by atoms with van der Waals surface area (Å²) in [7, 11) is 0. The number of aromatic nitrogens is 2. The van der Waals surface area contributed by atoms with Crippen LogP contribution in [-0.4, -0.2) is 44.6 Å². The maximum Gasteiger partial charge on any atom is 0.329 e. The van der Waals surface area contributed by atoms with E-state index in [1.54, 1.807) is 56.3 Å². The first-order valence-electron chi connectivity index (χ1n) is 10.7. The molecule has 182 valence electrons. The van der Waals surface area contributed by atoms with Crippen molar-refractivity contribution in [2.24, 2.45) is 0 Å². The third-order valence-electron chi connectivity index (χ3n) is 5.61. The number of carboxylic acid groups (broad SMARTS) is 1. The van der Waals surface area contributed by atoms with Crippen molar-refractivity contribution < 1.29 is 29.0 Å². The molecule has 0 radical (unpaired) electrons. The predicted octanol–water partition coefficient (Wildman–Crippen LogP) is 3.48. The minimum atomic E-state index is -1.10. The topological polar surface area (TPSA) is 142 Å². The normalized spacial score (nSPS) is 18.3. The summed E-state index contributed by atoms with van der Waals surface area (Å²) >= 11 is 6.11. The molecule has 0 fully saturated rings. The number of aliphatic carboxylic acids is 1. The molecule has 0 unspecified atom stereocenters. The number of carboxylic acids is 1. The monoisotopic (exact) mass is 498 g/mol. The van der Waals surface area contributed by atoms with Gasteiger partial charge in [-0.25, -0.2) is 4.79 Å². The zero-order chi connectivity index (χ0) is 25.2. The van der Waals surface area contributed by atoms with Gasteiger partial charge in [-0.2, -0.15) is 10.2 Å². The highest BCUT2D eigenvalue weighted by atomic mass is 35.5. The fourth-order valence-corrected chi connectivity index (χ4v) is 4.07. The van der Waals surface area contributed by atoms with E-state index in [9.17, 15) is 15.2 Å². The SMILES string of the molecule is CC1(C)Oc2ccc(C#N)cc2[C@H](N(Cc2nc(COCC(=O)O)no2)c2ccc(Cl)cc2)[C@H]1O. The van der Waals surface area contributed by atoms with Gasteiger partial charge in [-0.05, 0) is 56.3 Å². The molecular weight excluding hydrogens is 476 g/mol. The molecule has 0 spiro atoms. The molecule has 11 heteroatoms. The van der Waals surface area contributed by atoms with E-state index >= 15 is 0 Å². The number of nitriles is 1. The van der Waals surface area contributed by atoms with E-state index in [4.69, 9.17) is 30.7 Å². The van der Waals surface area contributed by atoms with Crippen molar-refractivity contribution in [1.82, 2.24) is 10.1 Å². The van der Waals surface area contributed by atoms with E-state index in [-0.39, 0.29) is 24.9 Å². The average molecular weight is 499 g/mol. The first-order chi connectivity index (χ1) is 16.7. The summed E-state index contributed by atoms with van der Waals surface area (Å²) in [6, 6.07) is 13.6. The third-order valence-corrected chi connectivity index (χ3v) is 5.86. The van der Waals surface area contributed by atoms with Gasteiger partial charge in [-0.1, -0.05) is 16.8 Å². The van der Waals surface area contributed by atoms with Crippen LogP contribution in [0.2, 0.25) is 5.02 Å². The molecule has 1 aromatic heterocycles. The summed E-state index contributed by atoms with van der Waals surface area (Å²) in [5.74, 6) is -0.133. The Kier molecular flexibility index (Phi) is 6.93. The quantitative estimate of drug-likeness (QED) is 0.473. The number of benzene rings is 2. The number of hydrogen-bond donors (Lipinski definition) is 2. The summed E-state index contributed by atoms with van der Waals surface area (Å²) in [5.41, 5.74) is 0.832. The number of aliphatic hydroxyl groups is 1. The molecule has 1 aliphatic heterocycles. The highest BCUT2D eigenvalue weighted by Gasteiger charge is 2.46. The smallest absolute Gasteiger partial charge is 0.329 e. The maximum absolute atomic E-state index is 11.4. The predicted molar refractivity (Wildman–Crippen MR) is 124 cm³/mol. The molecule has 0 amide bonds. The highest BCUT2D eigenvalue weighted by Crippen LogP contribution is 2.45. The first kappa shape index (κ1) is 24.5. The van der Waals surface area contributed by atoms with E-state index in [0.717, 1.165) is 0 Å². The van der Waals surface area contributed by atoms with Crippen LogP contribution in [0.4, 0.5) is 5.69 Å². The molecule has 35 heavy (non-hydrogen) atoms. The molecule has 1 aliphatic rings. The van der Waals surface area contributed by atoms with Crippen molar-refractivity contribution in [2.75, 3.05) is 11.5 Å². The second kappa shape index (κ2) is 9.92. The van der Waals surface area contributed by atoms with Crippen LogP contribution in [-0.2, 0) is 22.7 Å². The number of hydrogen-bond acceptors (Lipinski definition) is 9. The van der Waals surface area contributed by atoms with E-state index in [1.165, 1.54) is 0 Å². The zero-order valence-electron chi connectivity index (χ0n) is 19.0. The van der Waals surface area contributed by atoms with Gasteiger partial charge < -0.3 is 29.1 Å². The lowest BCUT2D eigenvalue weighted by Gasteiger charge is -2.46. The van der Waals surface area contributed by atoms with Crippen LogP contribution in [0.1, 0.15) is 42.7 Å². The Labute approximate surface area is 206 Å². The number of carbonyl (C=O) groups is 1. The minimum absolute atomic E-state index is 0.0988. The molecule has 2 atom stereocenters. The van der Waals surface area contributed by atoms with Crippen molar-refractivity contribution in [1.29, 1.82) is 5.26 Å². The first-order valence-corrected chi connectivity index (χ1v) is 11.1. The molecule has 0 saturated heterocycles. The lowest BCUT2D eigenvalue weighted by Crippen LogP contribution is -2.53. The highest BCUT2D eigenvalue weighted by molar-refractivity contribution is 6.30. The number of rotatable bonds is 8. The fourth-order valence-electron chi connectivity index (χ4n) is 3.95. The maximum atomic E-state index is 11.4. The standard InChI is InChI=1S/C24H23ClN4O6/c1-24(2)23(32)22(17-9-14(10-26)3-8-18(17)34-24)29(16-6-4-15(25)5-7-16)11-20-27-19(28-35-20)12-33-13-21(30)31/h3-9,22-23,32H,11-13H2,1-2H3,(H,30,31)/t22-,23+/m0/s1. The Balaban J connectivity index is 1.73. The molecule has 0 saturated carbocycles. The van der Waals surface area contributed by atoms with E-state index in [2.05, 4.69) is 16.2 Å². The van der Waals surface area contributed by atoms with Gasteiger partial charge in [0.15, 0.2) is 5.82 Å². The Bertz CT molecular complexity index is 1250. The summed E-state index contributed by atoms with van der Waals surface area (Å²) < 4.78 is 16.5. The van der Waals surface area contributed by atoms with Crippen molar-refractivity contribution in [3.8, 4) is 11.8 Å². The van der Waals surface area contributed by atoms with Crippen LogP contribution in [0.25, 0.3) is 0 Å². The van der Waals surface area contributed by atoms with Crippen molar-refractivity contribution >= 4 is 23.3 Å². The van der Waals surface area contributed by atoms with Crippen LogP contribution < -0.4 is 9.64 Å². The molecule has 0 bridgehead atoms. The van der Waals surface area contributed by atoms with Gasteiger partial charge in [-0.3, -0.25) is 0 Å². The second-order valence-electron chi connectivity index (χ2n) is 8.55. The number of aliphatic hydroxyl groups excluding tert-OH is 1. The largest absolute Gasteiger partial charge is 0.485 e. The van der Waals surface area contributed by atoms with Crippen LogP contribution >= 0.6 is 11.6 Å². The van der Waals surface area contributed by atoms with Gasteiger partial charge in [0.2, 0.25) is 5.89 Å². The van der Waals surface area contributed by atoms with Crippen LogP contribution in [0, 0.1) is 11.3 Å². The molecule has 10 nitrogen and oxygen atoms in total. The number of halogens is 1. The Morgan fingerprint density at radius 2 is 2.03 bits per heavy atom. The Morgan fingerprint density at radius 3 is 2.71 bits per heavy atom. The van der Waals surface area contributed by atoms with Crippen molar-refractivity contribution in [3.05, 3.63) is 70.3 Å². The second-order valence-corrected chi connectivity index (χ2v) is 8.99. The molecule has 2 N–H and O–H groups in total. The average Bonchev–Trinajstić information content (AvgIpc) is 3.26. The molecule has 4 rings (SSSR count). The third kappa shape index (κ3) is 5.38. The Hall–Kier alpha value is -3.65. The summed E-state index contributed by atoms with van der Waals surface area (Å²) in [5, 5.41) is 34.0. The summed E-state index contributed by atoms with van der Waals surface area (Å²) in [4.78, 5) is 16.8. The molecule has 3 aromatic rings. The number of nitrogens with zero attached hydrogens (tertiary/aromatic N) is 4. The molecule has 0 aliphatic carbocycles. The summed E-state index contributed by atoms with van der Waals surface area (Å²) in [6.07, 6.45) is -0.999. The fraction of sp³-hybridized carbons (Fsp3) is 0.333. The van der Waals surface area contributed by atoms with E-state index < -0.39 is 30.3 Å². The van der Waals surface area contributed by atoms with Crippen LogP contribution in [0.5, 0.6) is 5.75 Å². The Morgan fingerprint density at radius 1 is 1.29 bits per heavy atom. The molecular formula is C24H23ClN4O6. The molecule has 2 aromatic carbocycles. The van der Waals surface area contributed by atoms with Gasteiger partial charge in [-0.15, -0.1) is 0 Å². The van der Waals surface area contributed by atoms with E-state index in [0.29, 0.717) is 27.6 Å². The van der Waals surface area contributed by atoms with Gasteiger partial charge in [0.05, 0.1) is 24.2 Å². The lowest BCUT2D eigenvalue weighted by molar-refractivity contribution is -0.142. The van der Waals surface area contributed by atoms with Gasteiger partial charge >= 0.3 is 5.97 Å². The summed E-state index contributed by atoms with van der Waals surface area (Å²) in [6.45, 7) is 3.06. The number of anilines is 1.